The van der Waals surface area contributed by atoms with Gasteiger partial charge in [-0.25, -0.2) is 4.79 Å². The Balaban J connectivity index is 2.62. The lowest BCUT2D eigenvalue weighted by atomic mass is 10.1. The topological polar surface area (TPSA) is 80.3 Å². The first-order chi connectivity index (χ1) is 8.89. The number of esters is 1. The summed E-state index contributed by atoms with van der Waals surface area (Å²) in [6, 6.07) is 0. The van der Waals surface area contributed by atoms with E-state index >= 15 is 0 Å². The molecule has 0 amide bonds. The normalized spacial score (nSPS) is 23.1. The molecule has 0 spiro atoms. The smallest absolute Gasteiger partial charge is 0.374 e. The zero-order chi connectivity index (χ0) is 14.5. The monoisotopic (exact) mass is 276 g/mol. The number of methoxy groups -OCH3 is 2. The second-order valence-electron chi connectivity index (χ2n) is 4.60. The fraction of sp³-hybridized carbons (Fsp3) is 0.833. The van der Waals surface area contributed by atoms with Crippen LogP contribution in [0, 0.1) is 0 Å². The second kappa shape index (κ2) is 6.95. The summed E-state index contributed by atoms with van der Waals surface area (Å²) in [4.78, 5) is 22.7. The van der Waals surface area contributed by atoms with Gasteiger partial charge in [0.15, 0.2) is 5.79 Å². The highest BCUT2D eigenvalue weighted by atomic mass is 16.8. The SMILES string of the molecule is COCO[C@H](CC(=O)C(=O)OC)[C@H]1COC(C)(C)O1. The Morgan fingerprint density at radius 1 is 1.37 bits per heavy atom. The van der Waals surface area contributed by atoms with Crippen LogP contribution in [0.4, 0.5) is 0 Å². The minimum absolute atomic E-state index is 0.000587. The highest BCUT2D eigenvalue weighted by molar-refractivity contribution is 6.33. The van der Waals surface area contributed by atoms with Gasteiger partial charge in [0, 0.05) is 13.5 Å². The maximum absolute atomic E-state index is 11.6. The van der Waals surface area contributed by atoms with Gasteiger partial charge in [-0.05, 0) is 13.8 Å². The van der Waals surface area contributed by atoms with Crippen LogP contribution in [0.3, 0.4) is 0 Å². The molecular formula is C12H20O7. The zero-order valence-electron chi connectivity index (χ0n) is 11.6. The number of ether oxygens (including phenoxy) is 5. The molecule has 110 valence electrons. The Morgan fingerprint density at radius 3 is 2.53 bits per heavy atom. The van der Waals surface area contributed by atoms with Crippen molar-refractivity contribution in [3.63, 3.8) is 0 Å². The standard InChI is InChI=1S/C12H20O7/c1-12(2)18-6-10(19-12)9(17-7-15-3)5-8(13)11(14)16-4/h9-10H,5-7H2,1-4H3/t9-,10-/m1/s1. The third-order valence-electron chi connectivity index (χ3n) is 2.64. The molecule has 0 bridgehead atoms. The van der Waals surface area contributed by atoms with Crippen molar-refractivity contribution in [3.8, 4) is 0 Å². The lowest BCUT2D eigenvalue weighted by Gasteiger charge is -2.23. The molecule has 7 nitrogen and oxygen atoms in total. The van der Waals surface area contributed by atoms with Crippen molar-refractivity contribution >= 4 is 11.8 Å². The fourth-order valence-corrected chi connectivity index (χ4v) is 1.73. The van der Waals surface area contributed by atoms with Crippen LogP contribution in [-0.4, -0.2) is 57.4 Å². The molecule has 7 heteroatoms. The molecule has 0 aromatic carbocycles. The Morgan fingerprint density at radius 2 is 2.05 bits per heavy atom. The van der Waals surface area contributed by atoms with Crippen molar-refractivity contribution in [1.82, 2.24) is 0 Å². The van der Waals surface area contributed by atoms with Crippen molar-refractivity contribution < 1.29 is 33.3 Å². The average Bonchev–Trinajstić information content (AvgIpc) is 2.73. The first kappa shape index (κ1) is 16.0. The van der Waals surface area contributed by atoms with Gasteiger partial charge in [-0.1, -0.05) is 0 Å². The molecule has 1 heterocycles. The van der Waals surface area contributed by atoms with Gasteiger partial charge in [0.25, 0.3) is 0 Å². The molecule has 0 N–H and O–H groups in total. The van der Waals surface area contributed by atoms with Crippen LogP contribution in [0.15, 0.2) is 0 Å². The van der Waals surface area contributed by atoms with E-state index < -0.39 is 29.7 Å². The van der Waals surface area contributed by atoms with Crippen molar-refractivity contribution in [2.75, 3.05) is 27.6 Å². The first-order valence-electron chi connectivity index (χ1n) is 5.93. The molecule has 1 rings (SSSR count). The number of hydrogen-bond acceptors (Lipinski definition) is 7. The Labute approximate surface area is 112 Å². The van der Waals surface area contributed by atoms with Crippen molar-refractivity contribution in [2.24, 2.45) is 0 Å². The highest BCUT2D eigenvalue weighted by Crippen LogP contribution is 2.26. The van der Waals surface area contributed by atoms with E-state index in [1.54, 1.807) is 13.8 Å². The summed E-state index contributed by atoms with van der Waals surface area (Å²) in [5, 5.41) is 0. The van der Waals surface area contributed by atoms with Crippen LogP contribution in [-0.2, 0) is 33.3 Å². The third-order valence-corrected chi connectivity index (χ3v) is 2.64. The molecule has 0 unspecified atom stereocenters. The molecule has 1 saturated heterocycles. The quantitative estimate of drug-likeness (QED) is 0.375. The molecule has 1 aliphatic rings. The van der Waals surface area contributed by atoms with Gasteiger partial charge in [0.05, 0.1) is 19.8 Å². The van der Waals surface area contributed by atoms with Gasteiger partial charge in [-0.3, -0.25) is 4.79 Å². The predicted octanol–water partition coefficient (Wildman–Crippen LogP) is 0.259. The van der Waals surface area contributed by atoms with Gasteiger partial charge in [0.1, 0.15) is 12.9 Å². The van der Waals surface area contributed by atoms with E-state index in [-0.39, 0.29) is 19.8 Å². The molecule has 0 aromatic rings. The molecule has 0 aromatic heterocycles. The first-order valence-corrected chi connectivity index (χ1v) is 5.93. The highest BCUT2D eigenvalue weighted by Gasteiger charge is 2.39. The van der Waals surface area contributed by atoms with E-state index in [2.05, 4.69) is 4.74 Å². The minimum atomic E-state index is -0.899. The summed E-state index contributed by atoms with van der Waals surface area (Å²) >= 11 is 0. The Kier molecular flexibility index (Phi) is 5.86. The lowest BCUT2D eigenvalue weighted by molar-refractivity contribution is -0.173. The number of ketones is 1. The Bertz CT molecular complexity index is 326. The maximum atomic E-state index is 11.6. The molecule has 0 radical (unpaired) electrons. The molecular weight excluding hydrogens is 256 g/mol. The minimum Gasteiger partial charge on any atom is -0.463 e. The third kappa shape index (κ3) is 4.87. The van der Waals surface area contributed by atoms with Crippen molar-refractivity contribution in [3.05, 3.63) is 0 Å². The van der Waals surface area contributed by atoms with E-state index in [1.807, 2.05) is 0 Å². The molecule has 1 aliphatic heterocycles. The van der Waals surface area contributed by atoms with E-state index in [4.69, 9.17) is 18.9 Å². The van der Waals surface area contributed by atoms with Crippen LogP contribution < -0.4 is 0 Å². The number of hydrogen-bond donors (Lipinski definition) is 0. The number of rotatable bonds is 7. The van der Waals surface area contributed by atoms with Gasteiger partial charge in [0.2, 0.25) is 5.78 Å². The Hall–Kier alpha value is -1.02. The van der Waals surface area contributed by atoms with E-state index in [1.165, 1.54) is 7.11 Å². The number of Topliss-reactive ketones (excluding diaryl/α,β-unsaturated/α-hetero) is 1. The van der Waals surface area contributed by atoms with E-state index in [0.717, 1.165) is 7.11 Å². The van der Waals surface area contributed by atoms with E-state index in [9.17, 15) is 9.59 Å². The second-order valence-corrected chi connectivity index (χ2v) is 4.60. The molecule has 0 aliphatic carbocycles. The number of carbonyl (C=O) groups is 2. The zero-order valence-corrected chi connectivity index (χ0v) is 11.6. The summed E-state index contributed by atoms with van der Waals surface area (Å²) in [5.74, 6) is -2.30. The van der Waals surface area contributed by atoms with Crippen LogP contribution in [0.1, 0.15) is 20.3 Å². The van der Waals surface area contributed by atoms with Crippen molar-refractivity contribution in [1.29, 1.82) is 0 Å². The molecule has 2 atom stereocenters. The average molecular weight is 276 g/mol. The van der Waals surface area contributed by atoms with Gasteiger partial charge < -0.3 is 23.7 Å². The van der Waals surface area contributed by atoms with E-state index in [0.29, 0.717) is 0 Å². The lowest BCUT2D eigenvalue weighted by Crippen LogP contribution is -2.37. The van der Waals surface area contributed by atoms with Gasteiger partial charge in [-0.2, -0.15) is 0 Å². The summed E-state index contributed by atoms with van der Waals surface area (Å²) in [6.07, 6.45) is -1.19. The molecule has 1 fully saturated rings. The molecule has 0 saturated carbocycles. The summed E-state index contributed by atoms with van der Waals surface area (Å²) in [5.41, 5.74) is 0. The fourth-order valence-electron chi connectivity index (χ4n) is 1.73. The summed E-state index contributed by atoms with van der Waals surface area (Å²) in [6.45, 7) is 3.82. The maximum Gasteiger partial charge on any atom is 0.374 e. The van der Waals surface area contributed by atoms with Crippen LogP contribution in [0.2, 0.25) is 0 Å². The summed E-state index contributed by atoms with van der Waals surface area (Å²) < 4.78 is 25.6. The van der Waals surface area contributed by atoms with Crippen LogP contribution in [0.5, 0.6) is 0 Å². The van der Waals surface area contributed by atoms with Crippen LogP contribution in [0.25, 0.3) is 0 Å². The largest absolute Gasteiger partial charge is 0.463 e. The number of carbonyl (C=O) groups excluding carboxylic acids is 2. The van der Waals surface area contributed by atoms with Crippen molar-refractivity contribution in [2.45, 2.75) is 38.3 Å². The summed E-state index contributed by atoms with van der Waals surface area (Å²) in [7, 11) is 2.62. The van der Waals surface area contributed by atoms with Gasteiger partial charge in [-0.15, -0.1) is 0 Å². The molecule has 19 heavy (non-hydrogen) atoms. The van der Waals surface area contributed by atoms with Gasteiger partial charge >= 0.3 is 5.97 Å². The van der Waals surface area contributed by atoms with Crippen LogP contribution >= 0.6 is 0 Å². The predicted molar refractivity (Wildman–Crippen MR) is 63.3 cm³/mol.